The van der Waals surface area contributed by atoms with Crippen molar-refractivity contribution in [3.63, 3.8) is 0 Å². The molecule has 2 heterocycles. The maximum Gasteiger partial charge on any atom is 0.425 e. The molecule has 0 bridgehead atoms. The van der Waals surface area contributed by atoms with Gasteiger partial charge in [0.05, 0.1) is 22.0 Å². The molecule has 2 aromatic heterocycles. The Balaban J connectivity index is 1.54. The molecular weight excluding hydrogens is 689 g/mol. The van der Waals surface area contributed by atoms with Gasteiger partial charge in [0.25, 0.3) is 0 Å². The highest BCUT2D eigenvalue weighted by Gasteiger charge is 2.37. The van der Waals surface area contributed by atoms with Crippen molar-refractivity contribution >= 4 is 39.4 Å². The first-order chi connectivity index (χ1) is 24.3. The van der Waals surface area contributed by atoms with Gasteiger partial charge in [0.15, 0.2) is 27.1 Å². The van der Waals surface area contributed by atoms with Gasteiger partial charge in [-0.3, -0.25) is 0 Å². The number of imide groups is 1. The van der Waals surface area contributed by atoms with Crippen molar-refractivity contribution in [2.24, 2.45) is 0 Å². The van der Waals surface area contributed by atoms with Crippen LogP contribution in [0.1, 0.15) is 80.3 Å². The van der Waals surface area contributed by atoms with Crippen LogP contribution in [-0.4, -0.2) is 64.3 Å². The Kier molecular flexibility index (Phi) is 10.8. The molecule has 0 radical (unpaired) electrons. The van der Waals surface area contributed by atoms with E-state index in [2.05, 4.69) is 20.8 Å². The first kappa shape index (κ1) is 37.9. The molecular formula is C37H44N6O8S. The van der Waals surface area contributed by atoms with E-state index in [9.17, 15) is 22.8 Å². The lowest BCUT2D eigenvalue weighted by atomic mass is 10.0. The van der Waals surface area contributed by atoms with E-state index < -0.39 is 38.5 Å². The van der Waals surface area contributed by atoms with Crippen molar-refractivity contribution in [3.8, 4) is 22.7 Å². The zero-order valence-electron chi connectivity index (χ0n) is 30.5. The first-order valence-electron chi connectivity index (χ1n) is 16.9. The Morgan fingerprint density at radius 3 is 2.13 bits per heavy atom. The van der Waals surface area contributed by atoms with E-state index in [1.165, 1.54) is 18.3 Å². The molecule has 2 aliphatic carbocycles. The lowest BCUT2D eigenvalue weighted by Gasteiger charge is -2.28. The standard InChI is InChI=1S/C37H44N6O8S/c1-22(2)52(47,48)27-17-13-25(14-18-27)29-21-38-32(43(34(45)49-36(3,4)5)35(46)50-37(6,7)8)31(41-29)30-19-28(42-51-30)24-11-9-23(10-12-24)20-39-33(44)40-26-15-16-26/h9,11-14,17-22,26H,10,15-16H2,1-8H3,(H2,39,40,44). The number of allylic oxidation sites excluding steroid dienone is 5. The molecule has 0 spiro atoms. The Morgan fingerprint density at radius 1 is 0.962 bits per heavy atom. The fourth-order valence-corrected chi connectivity index (χ4v) is 5.85. The van der Waals surface area contributed by atoms with E-state index in [0.717, 1.165) is 24.0 Å². The molecule has 0 unspecified atom stereocenters. The van der Waals surface area contributed by atoms with Gasteiger partial charge in [-0.15, -0.1) is 0 Å². The number of carbonyl (C=O) groups excluding carboxylic acids is 3. The zero-order chi connectivity index (χ0) is 38.0. The second-order valence-corrected chi connectivity index (χ2v) is 17.2. The maximum atomic E-state index is 13.6. The highest BCUT2D eigenvalue weighted by Crippen LogP contribution is 2.35. The number of amides is 4. The Morgan fingerprint density at radius 2 is 1.60 bits per heavy atom. The highest BCUT2D eigenvalue weighted by molar-refractivity contribution is 7.92. The van der Waals surface area contributed by atoms with Crippen molar-refractivity contribution < 1.29 is 36.8 Å². The summed E-state index contributed by atoms with van der Waals surface area (Å²) in [6.07, 6.45) is 8.97. The number of rotatable bonds is 8. The summed E-state index contributed by atoms with van der Waals surface area (Å²) >= 11 is 0. The number of nitrogens with one attached hydrogen (secondary N) is 2. The van der Waals surface area contributed by atoms with Gasteiger partial charge >= 0.3 is 18.2 Å². The molecule has 52 heavy (non-hydrogen) atoms. The van der Waals surface area contributed by atoms with E-state index in [1.807, 2.05) is 18.2 Å². The van der Waals surface area contributed by atoms with Crippen LogP contribution in [0.5, 0.6) is 0 Å². The molecule has 0 saturated heterocycles. The molecule has 4 amide bonds. The summed E-state index contributed by atoms with van der Waals surface area (Å²) < 4.78 is 42.4. The molecule has 5 rings (SSSR count). The quantitative estimate of drug-likeness (QED) is 0.236. The Bertz CT molecular complexity index is 2020. The SMILES string of the molecule is CC(C)S(=O)(=O)c1ccc(-c2cnc(N(C(=O)OC(C)(C)C)C(=O)OC(C)(C)C)c(-c3cc(C4=CCC(=CNC(=O)NC5CC5)C=C4)no3)n2)cc1. The summed E-state index contributed by atoms with van der Waals surface area (Å²) in [4.78, 5) is 49.3. The predicted molar refractivity (Wildman–Crippen MR) is 195 cm³/mol. The average molecular weight is 733 g/mol. The predicted octanol–water partition coefficient (Wildman–Crippen LogP) is 7.35. The number of carbonyl (C=O) groups is 3. The van der Waals surface area contributed by atoms with Crippen molar-refractivity contribution in [3.05, 3.63) is 72.2 Å². The van der Waals surface area contributed by atoms with E-state index in [0.29, 0.717) is 28.3 Å². The molecule has 1 fully saturated rings. The van der Waals surface area contributed by atoms with Gasteiger partial charge < -0.3 is 24.6 Å². The van der Waals surface area contributed by atoms with Crippen LogP contribution in [-0.2, 0) is 19.3 Å². The van der Waals surface area contributed by atoms with Crippen LogP contribution >= 0.6 is 0 Å². The number of nitrogens with zero attached hydrogens (tertiary/aromatic N) is 4. The minimum atomic E-state index is -3.52. The smallest absolute Gasteiger partial charge is 0.425 e. The summed E-state index contributed by atoms with van der Waals surface area (Å²) in [7, 11) is -3.52. The number of ether oxygens (including phenoxy) is 2. The van der Waals surface area contributed by atoms with Crippen LogP contribution in [0, 0.1) is 0 Å². The maximum absolute atomic E-state index is 13.6. The molecule has 2 aliphatic rings. The second-order valence-electron chi connectivity index (χ2n) is 14.7. The number of hydrogen-bond acceptors (Lipinski definition) is 11. The van der Waals surface area contributed by atoms with Crippen LogP contribution in [0.4, 0.5) is 20.2 Å². The molecule has 0 atom stereocenters. The first-order valence-corrected chi connectivity index (χ1v) is 18.4. The monoisotopic (exact) mass is 732 g/mol. The van der Waals surface area contributed by atoms with Crippen LogP contribution in [0.3, 0.4) is 0 Å². The summed E-state index contributed by atoms with van der Waals surface area (Å²) in [5.41, 5.74) is 0.850. The molecule has 0 aliphatic heterocycles. The van der Waals surface area contributed by atoms with Crippen LogP contribution < -0.4 is 15.5 Å². The van der Waals surface area contributed by atoms with Gasteiger partial charge in [0.2, 0.25) is 0 Å². The van der Waals surface area contributed by atoms with Gasteiger partial charge in [-0.25, -0.2) is 32.8 Å². The van der Waals surface area contributed by atoms with E-state index in [-0.39, 0.29) is 34.2 Å². The number of sulfone groups is 1. The normalized spacial score (nSPS) is 15.6. The second kappa shape index (κ2) is 14.7. The summed E-state index contributed by atoms with van der Waals surface area (Å²) in [5, 5.41) is 9.25. The lowest BCUT2D eigenvalue weighted by Crippen LogP contribution is -2.44. The van der Waals surface area contributed by atoms with Gasteiger partial charge in [-0.1, -0.05) is 35.5 Å². The largest absolute Gasteiger partial charge is 0.443 e. The van der Waals surface area contributed by atoms with Gasteiger partial charge in [0, 0.05) is 29.4 Å². The third-order valence-corrected chi connectivity index (χ3v) is 9.76. The Hall–Kier alpha value is -5.31. The minimum absolute atomic E-state index is 0.0290. The summed E-state index contributed by atoms with van der Waals surface area (Å²) in [5.74, 6) is -0.160. The van der Waals surface area contributed by atoms with Crippen molar-refractivity contribution in [1.29, 1.82) is 0 Å². The topological polar surface area (TPSA) is 183 Å². The number of benzene rings is 1. The highest BCUT2D eigenvalue weighted by atomic mass is 32.2. The fourth-order valence-electron chi connectivity index (χ4n) is 4.79. The van der Waals surface area contributed by atoms with Crippen LogP contribution in [0.15, 0.2) is 75.9 Å². The van der Waals surface area contributed by atoms with Crippen molar-refractivity contribution in [2.75, 3.05) is 4.90 Å². The average Bonchev–Trinajstić information content (AvgIpc) is 3.73. The summed E-state index contributed by atoms with van der Waals surface area (Å²) in [6.45, 7) is 13.2. The number of anilines is 1. The number of hydrogen-bond donors (Lipinski definition) is 2. The van der Waals surface area contributed by atoms with E-state index in [1.54, 1.807) is 79.8 Å². The Labute approximate surface area is 303 Å². The van der Waals surface area contributed by atoms with E-state index in [4.69, 9.17) is 19.0 Å². The third kappa shape index (κ3) is 9.51. The zero-order valence-corrected chi connectivity index (χ0v) is 31.3. The van der Waals surface area contributed by atoms with Gasteiger partial charge in [-0.05, 0) is 92.4 Å². The number of urea groups is 1. The van der Waals surface area contributed by atoms with E-state index >= 15 is 0 Å². The van der Waals surface area contributed by atoms with Gasteiger partial charge in [0.1, 0.15) is 16.9 Å². The third-order valence-electron chi connectivity index (χ3n) is 7.59. The molecule has 276 valence electrons. The number of aromatic nitrogens is 3. The van der Waals surface area contributed by atoms with Crippen LogP contribution in [0.2, 0.25) is 0 Å². The molecule has 1 aromatic carbocycles. The molecule has 14 nitrogen and oxygen atoms in total. The van der Waals surface area contributed by atoms with Gasteiger partial charge in [-0.2, -0.15) is 4.90 Å². The van der Waals surface area contributed by atoms with Crippen molar-refractivity contribution in [2.45, 2.75) is 102 Å². The fraction of sp³-hybridized carbons (Fsp3) is 0.405. The molecule has 3 aromatic rings. The molecule has 2 N–H and O–H groups in total. The van der Waals surface area contributed by atoms with Crippen LogP contribution in [0.25, 0.3) is 28.3 Å². The molecule has 1 saturated carbocycles. The minimum Gasteiger partial charge on any atom is -0.443 e. The van der Waals surface area contributed by atoms with Crippen molar-refractivity contribution in [1.82, 2.24) is 25.8 Å². The summed E-state index contributed by atoms with van der Waals surface area (Å²) in [6, 6.07) is 7.77. The molecule has 15 heteroatoms. The lowest BCUT2D eigenvalue weighted by molar-refractivity contribution is 0.0429.